The van der Waals surface area contributed by atoms with Gasteiger partial charge in [0.2, 0.25) is 0 Å². The molecule has 0 spiro atoms. The second kappa shape index (κ2) is 8.34. The highest BCUT2D eigenvalue weighted by molar-refractivity contribution is 5.78. The SMILES string of the molecule is CC(NCC1CC=CCC1)c1ccc(OCC(=O)NC2CC2)cc1. The minimum absolute atomic E-state index is 0.0295. The van der Waals surface area contributed by atoms with Crippen LogP contribution in [-0.4, -0.2) is 25.1 Å². The van der Waals surface area contributed by atoms with E-state index in [1.54, 1.807) is 0 Å². The van der Waals surface area contributed by atoms with Gasteiger partial charge in [0.05, 0.1) is 0 Å². The van der Waals surface area contributed by atoms with Crippen LogP contribution < -0.4 is 15.4 Å². The second-order valence-electron chi connectivity index (χ2n) is 6.98. The molecule has 130 valence electrons. The number of rotatable bonds is 8. The van der Waals surface area contributed by atoms with Gasteiger partial charge in [0.25, 0.3) is 5.91 Å². The molecule has 1 aromatic carbocycles. The maximum atomic E-state index is 11.6. The number of carbonyl (C=O) groups excluding carboxylic acids is 1. The highest BCUT2D eigenvalue weighted by Gasteiger charge is 2.23. The van der Waals surface area contributed by atoms with Gasteiger partial charge in [-0.1, -0.05) is 24.3 Å². The molecule has 0 aliphatic heterocycles. The van der Waals surface area contributed by atoms with Crippen LogP contribution in [0.2, 0.25) is 0 Å². The normalized spacial score (nSPS) is 21.3. The lowest BCUT2D eigenvalue weighted by Crippen LogP contribution is -2.30. The standard InChI is InChI=1S/C20H28N2O2/c1-15(21-13-16-5-3-2-4-6-16)17-7-11-19(12-8-17)24-14-20(23)22-18-9-10-18/h2-3,7-8,11-12,15-16,18,21H,4-6,9-10,13-14H2,1H3,(H,22,23). The van der Waals surface area contributed by atoms with Gasteiger partial charge in [-0.15, -0.1) is 0 Å². The van der Waals surface area contributed by atoms with Crippen molar-refractivity contribution in [2.24, 2.45) is 5.92 Å². The first kappa shape index (κ1) is 17.0. The van der Waals surface area contributed by atoms with E-state index in [0.29, 0.717) is 12.1 Å². The second-order valence-corrected chi connectivity index (χ2v) is 6.98. The minimum atomic E-state index is -0.0295. The Morgan fingerprint density at radius 1 is 1.21 bits per heavy atom. The predicted molar refractivity (Wildman–Crippen MR) is 96.0 cm³/mol. The first-order valence-corrected chi connectivity index (χ1v) is 9.11. The lowest BCUT2D eigenvalue weighted by atomic mass is 9.94. The number of carbonyl (C=O) groups is 1. The van der Waals surface area contributed by atoms with Crippen molar-refractivity contribution in [2.75, 3.05) is 13.2 Å². The summed E-state index contributed by atoms with van der Waals surface area (Å²) in [5.41, 5.74) is 1.25. The fourth-order valence-electron chi connectivity index (χ4n) is 3.00. The van der Waals surface area contributed by atoms with Gasteiger partial charge in [-0.2, -0.15) is 0 Å². The lowest BCUT2D eigenvalue weighted by Gasteiger charge is -2.21. The summed E-state index contributed by atoms with van der Waals surface area (Å²) < 4.78 is 5.55. The molecule has 0 heterocycles. The molecule has 1 amide bonds. The van der Waals surface area contributed by atoms with Gasteiger partial charge in [0.15, 0.2) is 6.61 Å². The Labute approximate surface area is 144 Å². The van der Waals surface area contributed by atoms with Gasteiger partial charge in [0.1, 0.15) is 5.75 Å². The number of benzene rings is 1. The summed E-state index contributed by atoms with van der Waals surface area (Å²) >= 11 is 0. The number of hydrogen-bond donors (Lipinski definition) is 2. The van der Waals surface area contributed by atoms with E-state index >= 15 is 0 Å². The van der Waals surface area contributed by atoms with E-state index in [-0.39, 0.29) is 12.5 Å². The zero-order chi connectivity index (χ0) is 16.8. The monoisotopic (exact) mass is 328 g/mol. The third kappa shape index (κ3) is 5.38. The quantitative estimate of drug-likeness (QED) is 0.720. The van der Waals surface area contributed by atoms with Gasteiger partial charge in [-0.25, -0.2) is 0 Å². The molecule has 0 saturated heterocycles. The Morgan fingerprint density at radius 2 is 2.00 bits per heavy atom. The van der Waals surface area contributed by atoms with Crippen LogP contribution >= 0.6 is 0 Å². The van der Waals surface area contributed by atoms with Crippen LogP contribution in [0.25, 0.3) is 0 Å². The average molecular weight is 328 g/mol. The van der Waals surface area contributed by atoms with Gasteiger partial charge in [0, 0.05) is 12.1 Å². The summed E-state index contributed by atoms with van der Waals surface area (Å²) in [5.74, 6) is 1.47. The summed E-state index contributed by atoms with van der Waals surface area (Å²) in [7, 11) is 0. The van der Waals surface area contributed by atoms with Crippen LogP contribution in [0.3, 0.4) is 0 Å². The van der Waals surface area contributed by atoms with E-state index < -0.39 is 0 Å². The molecule has 4 nitrogen and oxygen atoms in total. The number of hydrogen-bond acceptors (Lipinski definition) is 3. The molecule has 0 radical (unpaired) electrons. The molecule has 0 aromatic heterocycles. The molecule has 2 atom stereocenters. The molecular weight excluding hydrogens is 300 g/mol. The maximum absolute atomic E-state index is 11.6. The van der Waals surface area contributed by atoms with E-state index in [1.165, 1.54) is 24.8 Å². The van der Waals surface area contributed by atoms with Crippen LogP contribution in [-0.2, 0) is 4.79 Å². The van der Waals surface area contributed by atoms with E-state index in [9.17, 15) is 4.79 Å². The number of amides is 1. The molecule has 2 aliphatic rings. The summed E-state index contributed by atoms with van der Waals surface area (Å²) in [6, 6.07) is 8.75. The molecule has 0 bridgehead atoms. The van der Waals surface area contributed by atoms with Crippen molar-refractivity contribution >= 4 is 5.91 Å². The number of nitrogens with one attached hydrogen (secondary N) is 2. The summed E-state index contributed by atoms with van der Waals surface area (Å²) in [5, 5.41) is 6.55. The summed E-state index contributed by atoms with van der Waals surface area (Å²) in [4.78, 5) is 11.6. The molecule has 3 rings (SSSR count). The topological polar surface area (TPSA) is 50.4 Å². The first-order chi connectivity index (χ1) is 11.7. The molecule has 2 unspecified atom stereocenters. The minimum Gasteiger partial charge on any atom is -0.484 e. The lowest BCUT2D eigenvalue weighted by molar-refractivity contribution is -0.123. The Morgan fingerprint density at radius 3 is 2.67 bits per heavy atom. The van der Waals surface area contributed by atoms with Crippen molar-refractivity contribution in [1.29, 1.82) is 0 Å². The smallest absolute Gasteiger partial charge is 0.258 e. The average Bonchev–Trinajstić information content (AvgIpc) is 3.43. The van der Waals surface area contributed by atoms with Crippen LogP contribution in [0.15, 0.2) is 36.4 Å². The zero-order valence-electron chi connectivity index (χ0n) is 14.5. The van der Waals surface area contributed by atoms with E-state index in [4.69, 9.17) is 4.74 Å². The largest absolute Gasteiger partial charge is 0.484 e. The van der Waals surface area contributed by atoms with Gasteiger partial charge >= 0.3 is 0 Å². The van der Waals surface area contributed by atoms with Crippen LogP contribution in [0.4, 0.5) is 0 Å². The van der Waals surface area contributed by atoms with Crippen molar-refractivity contribution in [3.05, 3.63) is 42.0 Å². The van der Waals surface area contributed by atoms with Crippen LogP contribution in [0.5, 0.6) is 5.75 Å². The van der Waals surface area contributed by atoms with Gasteiger partial charge in [-0.05, 0) is 69.2 Å². The number of ether oxygens (including phenoxy) is 1. The van der Waals surface area contributed by atoms with Crippen molar-refractivity contribution in [3.8, 4) is 5.75 Å². The summed E-state index contributed by atoms with van der Waals surface area (Å²) in [6.45, 7) is 3.35. The molecule has 4 heteroatoms. The Kier molecular flexibility index (Phi) is 5.91. The number of allylic oxidation sites excluding steroid dienone is 2. The molecule has 1 saturated carbocycles. The van der Waals surface area contributed by atoms with Crippen LogP contribution in [0, 0.1) is 5.92 Å². The molecule has 24 heavy (non-hydrogen) atoms. The van der Waals surface area contributed by atoms with E-state index in [0.717, 1.165) is 31.1 Å². The molecule has 1 aromatic rings. The third-order valence-electron chi connectivity index (χ3n) is 4.78. The van der Waals surface area contributed by atoms with Crippen molar-refractivity contribution in [1.82, 2.24) is 10.6 Å². The van der Waals surface area contributed by atoms with Crippen molar-refractivity contribution in [2.45, 2.75) is 51.1 Å². The fourth-order valence-corrected chi connectivity index (χ4v) is 3.00. The summed E-state index contributed by atoms with van der Waals surface area (Å²) in [6.07, 6.45) is 10.5. The zero-order valence-corrected chi connectivity index (χ0v) is 14.5. The molecule has 1 fully saturated rings. The van der Waals surface area contributed by atoms with Gasteiger partial charge < -0.3 is 15.4 Å². The predicted octanol–water partition coefficient (Wildman–Crippen LogP) is 3.35. The fraction of sp³-hybridized carbons (Fsp3) is 0.550. The Hall–Kier alpha value is -1.81. The molecule has 2 aliphatic carbocycles. The van der Waals surface area contributed by atoms with Gasteiger partial charge in [-0.3, -0.25) is 4.79 Å². The highest BCUT2D eigenvalue weighted by Crippen LogP contribution is 2.21. The van der Waals surface area contributed by atoms with Crippen molar-refractivity contribution < 1.29 is 9.53 Å². The third-order valence-corrected chi connectivity index (χ3v) is 4.78. The Bertz CT molecular complexity index is 564. The molecule has 2 N–H and O–H groups in total. The van der Waals surface area contributed by atoms with E-state index in [1.807, 2.05) is 12.1 Å². The maximum Gasteiger partial charge on any atom is 0.258 e. The Balaban J connectivity index is 1.40. The first-order valence-electron chi connectivity index (χ1n) is 9.11. The van der Waals surface area contributed by atoms with Crippen LogP contribution in [0.1, 0.15) is 50.6 Å². The van der Waals surface area contributed by atoms with Crippen molar-refractivity contribution in [3.63, 3.8) is 0 Å². The van der Waals surface area contributed by atoms with E-state index in [2.05, 4.69) is 41.8 Å². The highest BCUT2D eigenvalue weighted by atomic mass is 16.5. The molecular formula is C20H28N2O2.